The van der Waals surface area contributed by atoms with E-state index < -0.39 is 11.7 Å². The first-order valence-corrected chi connectivity index (χ1v) is 7.61. The summed E-state index contributed by atoms with van der Waals surface area (Å²) in [5.41, 5.74) is 7.29. The van der Waals surface area contributed by atoms with Gasteiger partial charge in [-0.05, 0) is 35.7 Å². The Kier molecular flexibility index (Phi) is 7.34. The lowest BCUT2D eigenvalue weighted by Crippen LogP contribution is -2.39. The van der Waals surface area contributed by atoms with E-state index in [0.717, 1.165) is 18.1 Å². The van der Waals surface area contributed by atoms with Crippen molar-refractivity contribution >= 4 is 30.5 Å². The van der Waals surface area contributed by atoms with Crippen molar-refractivity contribution in [2.24, 2.45) is 5.73 Å². The van der Waals surface area contributed by atoms with Gasteiger partial charge in [0.15, 0.2) is 0 Å². The van der Waals surface area contributed by atoms with Gasteiger partial charge < -0.3 is 10.6 Å². The quantitative estimate of drug-likeness (QED) is 0.803. The SMILES string of the molecule is Cl.Cl.N#Cc1ccc(N2CCc3ccccc3C2CN)cc1C(F)(F)F. The van der Waals surface area contributed by atoms with Gasteiger partial charge in [0.25, 0.3) is 0 Å². The van der Waals surface area contributed by atoms with Crippen LogP contribution in [0.15, 0.2) is 42.5 Å². The number of hydrogen-bond acceptors (Lipinski definition) is 3. The van der Waals surface area contributed by atoms with Gasteiger partial charge in [-0.2, -0.15) is 18.4 Å². The predicted molar refractivity (Wildman–Crippen MR) is 99.9 cm³/mol. The van der Waals surface area contributed by atoms with Crippen LogP contribution in [-0.2, 0) is 12.6 Å². The zero-order chi connectivity index (χ0) is 17.3. The second-order valence-electron chi connectivity index (χ2n) is 5.73. The van der Waals surface area contributed by atoms with Crippen molar-refractivity contribution in [2.75, 3.05) is 18.0 Å². The average molecular weight is 404 g/mol. The van der Waals surface area contributed by atoms with Crippen LogP contribution in [0.1, 0.15) is 28.3 Å². The Balaban J connectivity index is 0.00000169. The molecule has 0 amide bonds. The lowest BCUT2D eigenvalue weighted by atomic mass is 9.91. The molecule has 1 heterocycles. The van der Waals surface area contributed by atoms with E-state index in [1.54, 1.807) is 12.1 Å². The van der Waals surface area contributed by atoms with E-state index in [2.05, 4.69) is 0 Å². The highest BCUT2D eigenvalue weighted by Gasteiger charge is 2.35. The van der Waals surface area contributed by atoms with Gasteiger partial charge in [-0.1, -0.05) is 24.3 Å². The number of fused-ring (bicyclic) bond motifs is 1. The van der Waals surface area contributed by atoms with Crippen LogP contribution < -0.4 is 10.6 Å². The highest BCUT2D eigenvalue weighted by molar-refractivity contribution is 5.85. The molecule has 1 aliphatic rings. The van der Waals surface area contributed by atoms with Crippen LogP contribution in [0.5, 0.6) is 0 Å². The third-order valence-corrected chi connectivity index (χ3v) is 4.40. The smallest absolute Gasteiger partial charge is 0.363 e. The molecule has 2 N–H and O–H groups in total. The van der Waals surface area contributed by atoms with Gasteiger partial charge in [-0.3, -0.25) is 0 Å². The standard InChI is InChI=1S/C18H16F3N3.2ClH/c19-18(20,21)16-9-14(6-5-13(16)10-22)24-8-7-12-3-1-2-4-15(12)17(24)11-23;;/h1-6,9,17H,7-8,11,23H2;2*1H. The molecule has 0 aromatic heterocycles. The number of alkyl halides is 3. The summed E-state index contributed by atoms with van der Waals surface area (Å²) in [4.78, 5) is 1.89. The molecular formula is C18H18Cl2F3N3. The Morgan fingerprint density at radius 2 is 1.85 bits per heavy atom. The number of nitrogens with zero attached hydrogens (tertiary/aromatic N) is 2. The van der Waals surface area contributed by atoms with Crippen LogP contribution in [0.2, 0.25) is 0 Å². The van der Waals surface area contributed by atoms with Crippen molar-refractivity contribution in [2.45, 2.75) is 18.6 Å². The molecule has 2 aromatic rings. The molecule has 0 radical (unpaired) electrons. The molecule has 3 rings (SSSR count). The molecule has 1 atom stereocenters. The van der Waals surface area contributed by atoms with Crippen molar-refractivity contribution in [3.8, 4) is 6.07 Å². The van der Waals surface area contributed by atoms with Crippen LogP contribution in [0.4, 0.5) is 18.9 Å². The van der Waals surface area contributed by atoms with E-state index in [9.17, 15) is 13.2 Å². The molecular weight excluding hydrogens is 386 g/mol. The Morgan fingerprint density at radius 1 is 1.15 bits per heavy atom. The maximum absolute atomic E-state index is 13.2. The molecule has 0 saturated carbocycles. The maximum atomic E-state index is 13.2. The van der Waals surface area contributed by atoms with Gasteiger partial charge in [-0.15, -0.1) is 24.8 Å². The van der Waals surface area contributed by atoms with Crippen molar-refractivity contribution in [3.05, 3.63) is 64.7 Å². The van der Waals surface area contributed by atoms with Crippen molar-refractivity contribution in [3.63, 3.8) is 0 Å². The molecule has 0 spiro atoms. The molecule has 0 aliphatic carbocycles. The third-order valence-electron chi connectivity index (χ3n) is 4.40. The van der Waals surface area contributed by atoms with Gasteiger partial charge in [-0.25, -0.2) is 0 Å². The number of rotatable bonds is 2. The molecule has 140 valence electrons. The molecule has 1 aliphatic heterocycles. The fraction of sp³-hybridized carbons (Fsp3) is 0.278. The summed E-state index contributed by atoms with van der Waals surface area (Å²) in [6, 6.07) is 13.1. The summed E-state index contributed by atoms with van der Waals surface area (Å²) in [5, 5.41) is 8.93. The van der Waals surface area contributed by atoms with Gasteiger partial charge in [0.05, 0.1) is 23.2 Å². The minimum absolute atomic E-state index is 0. The van der Waals surface area contributed by atoms with Crippen molar-refractivity contribution in [1.29, 1.82) is 5.26 Å². The minimum Gasteiger partial charge on any atom is -0.363 e. The van der Waals surface area contributed by atoms with Gasteiger partial charge in [0.1, 0.15) is 0 Å². The molecule has 1 unspecified atom stereocenters. The Hall–Kier alpha value is -1.94. The molecule has 26 heavy (non-hydrogen) atoms. The first-order valence-electron chi connectivity index (χ1n) is 7.61. The summed E-state index contributed by atoms with van der Waals surface area (Å²) in [6.07, 6.45) is -3.82. The van der Waals surface area contributed by atoms with Crippen LogP contribution in [-0.4, -0.2) is 13.1 Å². The topological polar surface area (TPSA) is 53.0 Å². The fourth-order valence-electron chi connectivity index (χ4n) is 3.26. The largest absolute Gasteiger partial charge is 0.417 e. The Morgan fingerprint density at radius 3 is 2.46 bits per heavy atom. The summed E-state index contributed by atoms with van der Waals surface area (Å²) in [6.45, 7) is 0.889. The first kappa shape index (κ1) is 22.1. The molecule has 0 bridgehead atoms. The number of hydrogen-bond donors (Lipinski definition) is 1. The maximum Gasteiger partial charge on any atom is 0.417 e. The Bertz CT molecular complexity index is 803. The minimum atomic E-state index is -4.56. The van der Waals surface area contributed by atoms with Crippen molar-refractivity contribution < 1.29 is 13.2 Å². The van der Waals surface area contributed by atoms with Crippen LogP contribution in [0.25, 0.3) is 0 Å². The van der Waals surface area contributed by atoms with Crippen LogP contribution >= 0.6 is 24.8 Å². The van der Waals surface area contributed by atoms with E-state index in [1.165, 1.54) is 11.6 Å². The summed E-state index contributed by atoms with van der Waals surface area (Å²) in [5.74, 6) is 0. The Labute approximate surface area is 162 Å². The monoisotopic (exact) mass is 403 g/mol. The predicted octanol–water partition coefficient (Wildman–Crippen LogP) is 4.48. The van der Waals surface area contributed by atoms with Crippen molar-refractivity contribution in [1.82, 2.24) is 0 Å². The molecule has 0 saturated heterocycles. The lowest BCUT2D eigenvalue weighted by Gasteiger charge is -2.38. The van der Waals surface area contributed by atoms with E-state index in [1.807, 2.05) is 29.2 Å². The zero-order valence-corrected chi connectivity index (χ0v) is 15.3. The second kappa shape index (κ2) is 8.63. The highest BCUT2D eigenvalue weighted by atomic mass is 35.5. The summed E-state index contributed by atoms with van der Waals surface area (Å²) in [7, 11) is 0. The lowest BCUT2D eigenvalue weighted by molar-refractivity contribution is -0.137. The van der Waals surface area contributed by atoms with E-state index in [-0.39, 0.29) is 36.4 Å². The van der Waals surface area contributed by atoms with Gasteiger partial charge in [0, 0.05) is 18.8 Å². The fourth-order valence-corrected chi connectivity index (χ4v) is 3.26. The number of anilines is 1. The number of nitrogens with two attached hydrogens (primary N) is 1. The average Bonchev–Trinajstić information content (AvgIpc) is 2.59. The van der Waals surface area contributed by atoms with E-state index in [4.69, 9.17) is 11.0 Å². The van der Waals surface area contributed by atoms with E-state index in [0.29, 0.717) is 18.8 Å². The number of benzene rings is 2. The normalized spacial score (nSPS) is 16.0. The summed E-state index contributed by atoms with van der Waals surface area (Å²) >= 11 is 0. The highest BCUT2D eigenvalue weighted by Crippen LogP contribution is 2.38. The molecule has 2 aromatic carbocycles. The van der Waals surface area contributed by atoms with Gasteiger partial charge in [0.2, 0.25) is 0 Å². The third kappa shape index (κ3) is 4.07. The first-order chi connectivity index (χ1) is 11.5. The molecule has 3 nitrogen and oxygen atoms in total. The van der Waals surface area contributed by atoms with Crippen LogP contribution in [0.3, 0.4) is 0 Å². The van der Waals surface area contributed by atoms with E-state index >= 15 is 0 Å². The summed E-state index contributed by atoms with van der Waals surface area (Å²) < 4.78 is 39.6. The second-order valence-corrected chi connectivity index (χ2v) is 5.73. The molecule has 8 heteroatoms. The molecule has 0 fully saturated rings. The van der Waals surface area contributed by atoms with Gasteiger partial charge >= 0.3 is 6.18 Å². The zero-order valence-electron chi connectivity index (χ0n) is 13.7. The van der Waals surface area contributed by atoms with Crippen LogP contribution in [0, 0.1) is 11.3 Å². The number of nitriles is 1. The number of halogens is 5.